The Morgan fingerprint density at radius 2 is 2.00 bits per heavy atom. The lowest BCUT2D eigenvalue weighted by molar-refractivity contribution is 0.102. The number of aromatic nitrogens is 4. The molecule has 0 unspecified atom stereocenters. The molecule has 2 aromatic carbocycles. The number of aromatic amines is 2. The van der Waals surface area contributed by atoms with Crippen LogP contribution in [0.5, 0.6) is 11.5 Å². The van der Waals surface area contributed by atoms with Gasteiger partial charge in [-0.2, -0.15) is 5.10 Å². The van der Waals surface area contributed by atoms with Gasteiger partial charge in [-0.1, -0.05) is 11.6 Å². The van der Waals surface area contributed by atoms with Gasteiger partial charge in [-0.05, 0) is 30.3 Å². The van der Waals surface area contributed by atoms with Crippen LogP contribution in [0.15, 0.2) is 42.5 Å². The van der Waals surface area contributed by atoms with Gasteiger partial charge in [0.25, 0.3) is 5.91 Å². The smallest absolute Gasteiger partial charge is 0.256 e. The molecule has 0 saturated carbocycles. The van der Waals surface area contributed by atoms with E-state index in [4.69, 9.17) is 25.8 Å². The van der Waals surface area contributed by atoms with Crippen LogP contribution < -0.4 is 14.8 Å². The van der Waals surface area contributed by atoms with E-state index in [-0.39, 0.29) is 5.91 Å². The van der Waals surface area contributed by atoms with Gasteiger partial charge in [-0.25, -0.2) is 4.98 Å². The molecule has 1 amide bonds. The zero-order valence-corrected chi connectivity index (χ0v) is 18.3. The van der Waals surface area contributed by atoms with Crippen molar-refractivity contribution in [2.24, 2.45) is 0 Å². The average molecular weight is 456 g/mol. The average Bonchev–Trinajstić information content (AvgIpc) is 3.43. The first-order valence-corrected chi connectivity index (χ1v) is 10.3. The molecular formula is C22H22ClN5O4. The standard InChI is InChI=1S/C22H22ClN5O4/c1-30-8-3-9-32-19-7-4-13(10-15(19)23)22(29)26-20-12-18(27-28-20)21-24-16-6-5-14(31-2)11-17(16)25-21/h4-7,10-12H,3,8-9H2,1-2H3,(H,24,25)(H2,26,27,28,29). The molecule has 0 bridgehead atoms. The molecule has 0 atom stereocenters. The number of methoxy groups -OCH3 is 2. The maximum atomic E-state index is 12.6. The summed E-state index contributed by atoms with van der Waals surface area (Å²) in [5.41, 5.74) is 2.65. The van der Waals surface area contributed by atoms with E-state index in [0.717, 1.165) is 23.2 Å². The monoisotopic (exact) mass is 455 g/mol. The zero-order valence-electron chi connectivity index (χ0n) is 17.6. The van der Waals surface area contributed by atoms with Crippen LogP contribution in [0, 0.1) is 0 Å². The lowest BCUT2D eigenvalue weighted by Crippen LogP contribution is -2.12. The molecule has 4 aromatic rings. The number of nitrogens with one attached hydrogen (secondary N) is 3. The number of halogens is 1. The van der Waals surface area contributed by atoms with Gasteiger partial charge in [-0.15, -0.1) is 0 Å². The summed E-state index contributed by atoms with van der Waals surface area (Å²) >= 11 is 6.25. The Morgan fingerprint density at radius 3 is 2.78 bits per heavy atom. The summed E-state index contributed by atoms with van der Waals surface area (Å²) in [7, 11) is 3.25. The van der Waals surface area contributed by atoms with Crippen LogP contribution in [0.25, 0.3) is 22.6 Å². The lowest BCUT2D eigenvalue weighted by atomic mass is 10.2. The Bertz CT molecular complexity index is 1240. The van der Waals surface area contributed by atoms with E-state index < -0.39 is 0 Å². The number of amides is 1. The van der Waals surface area contributed by atoms with Crippen LogP contribution in [0.4, 0.5) is 5.82 Å². The Hall–Kier alpha value is -3.56. The normalized spacial score (nSPS) is 11.0. The molecule has 10 heteroatoms. The molecule has 3 N–H and O–H groups in total. The van der Waals surface area contributed by atoms with E-state index in [1.165, 1.54) is 0 Å². The molecular weight excluding hydrogens is 434 g/mol. The van der Waals surface area contributed by atoms with E-state index in [2.05, 4.69) is 25.5 Å². The quantitative estimate of drug-likeness (QED) is 0.324. The predicted octanol–water partition coefficient (Wildman–Crippen LogP) is 4.28. The number of ether oxygens (including phenoxy) is 3. The summed E-state index contributed by atoms with van der Waals surface area (Å²) in [6.07, 6.45) is 0.745. The molecule has 2 heterocycles. The van der Waals surface area contributed by atoms with Crippen LogP contribution in [0.1, 0.15) is 16.8 Å². The highest BCUT2D eigenvalue weighted by molar-refractivity contribution is 6.32. The van der Waals surface area contributed by atoms with Gasteiger partial charge in [0.1, 0.15) is 17.2 Å². The van der Waals surface area contributed by atoms with Crippen LogP contribution >= 0.6 is 11.6 Å². The molecule has 0 fully saturated rings. The molecule has 166 valence electrons. The van der Waals surface area contributed by atoms with E-state index in [1.54, 1.807) is 38.5 Å². The summed E-state index contributed by atoms with van der Waals surface area (Å²) in [5.74, 6) is 1.86. The summed E-state index contributed by atoms with van der Waals surface area (Å²) < 4.78 is 15.8. The number of benzene rings is 2. The Labute approximate surface area is 189 Å². The third-order valence-electron chi connectivity index (χ3n) is 4.71. The van der Waals surface area contributed by atoms with Crippen LogP contribution in [-0.2, 0) is 4.74 Å². The number of anilines is 1. The second-order valence-electron chi connectivity index (χ2n) is 6.93. The first-order valence-electron chi connectivity index (χ1n) is 9.89. The zero-order chi connectivity index (χ0) is 22.5. The second-order valence-corrected chi connectivity index (χ2v) is 7.34. The van der Waals surface area contributed by atoms with E-state index in [9.17, 15) is 4.79 Å². The largest absolute Gasteiger partial charge is 0.497 e. The van der Waals surface area contributed by atoms with Gasteiger partial charge in [0.05, 0.1) is 29.8 Å². The first kappa shape index (κ1) is 21.7. The molecule has 4 rings (SSSR count). The number of carbonyl (C=O) groups is 1. The molecule has 0 aliphatic heterocycles. The summed E-state index contributed by atoms with van der Waals surface area (Å²) in [6.45, 7) is 1.08. The molecule has 2 aromatic heterocycles. The highest BCUT2D eigenvalue weighted by Crippen LogP contribution is 2.27. The molecule has 0 aliphatic carbocycles. The lowest BCUT2D eigenvalue weighted by Gasteiger charge is -2.09. The Morgan fingerprint density at radius 1 is 1.12 bits per heavy atom. The summed E-state index contributed by atoms with van der Waals surface area (Å²) in [6, 6.07) is 12.1. The van der Waals surface area contributed by atoms with E-state index in [0.29, 0.717) is 46.9 Å². The molecule has 0 saturated heterocycles. The van der Waals surface area contributed by atoms with Crippen LogP contribution in [-0.4, -0.2) is 53.5 Å². The molecule has 32 heavy (non-hydrogen) atoms. The molecule has 0 radical (unpaired) electrons. The van der Waals surface area contributed by atoms with Crippen molar-refractivity contribution in [2.45, 2.75) is 6.42 Å². The van der Waals surface area contributed by atoms with Gasteiger partial charge in [0.2, 0.25) is 0 Å². The highest BCUT2D eigenvalue weighted by atomic mass is 35.5. The Kier molecular flexibility index (Phi) is 6.58. The minimum Gasteiger partial charge on any atom is -0.497 e. The van der Waals surface area contributed by atoms with Gasteiger partial charge in [0, 0.05) is 37.8 Å². The Balaban J connectivity index is 1.43. The number of nitrogens with zero attached hydrogens (tertiary/aromatic N) is 2. The fraction of sp³-hybridized carbons (Fsp3) is 0.227. The summed E-state index contributed by atoms with van der Waals surface area (Å²) in [4.78, 5) is 20.4. The SMILES string of the molecule is COCCCOc1ccc(C(=O)Nc2cc(-c3nc4ccc(OC)cc4[nH]3)[nH]n2)cc1Cl. The second kappa shape index (κ2) is 9.71. The number of carbonyl (C=O) groups excluding carboxylic acids is 1. The molecule has 9 nitrogen and oxygen atoms in total. The van der Waals surface area contributed by atoms with Gasteiger partial charge in [0.15, 0.2) is 11.6 Å². The fourth-order valence-electron chi connectivity index (χ4n) is 3.08. The number of imidazole rings is 1. The van der Waals surface area contributed by atoms with Crippen LogP contribution in [0.2, 0.25) is 5.02 Å². The topological polar surface area (TPSA) is 114 Å². The fourth-order valence-corrected chi connectivity index (χ4v) is 3.32. The third-order valence-corrected chi connectivity index (χ3v) is 5.00. The minimum absolute atomic E-state index is 0.342. The molecule has 0 spiro atoms. The van der Waals surface area contributed by atoms with Crippen molar-refractivity contribution in [1.29, 1.82) is 0 Å². The number of hydrogen-bond donors (Lipinski definition) is 3. The van der Waals surface area contributed by atoms with Crippen molar-refractivity contribution in [1.82, 2.24) is 20.2 Å². The van der Waals surface area contributed by atoms with E-state index in [1.807, 2.05) is 18.2 Å². The maximum absolute atomic E-state index is 12.6. The van der Waals surface area contributed by atoms with Gasteiger partial charge in [-0.3, -0.25) is 9.89 Å². The van der Waals surface area contributed by atoms with E-state index >= 15 is 0 Å². The first-order chi connectivity index (χ1) is 15.6. The maximum Gasteiger partial charge on any atom is 0.256 e. The van der Waals surface area contributed by atoms with Crippen molar-refractivity contribution in [3.05, 3.63) is 53.1 Å². The highest BCUT2D eigenvalue weighted by Gasteiger charge is 2.14. The van der Waals surface area contributed by atoms with Crippen molar-refractivity contribution < 1.29 is 19.0 Å². The molecule has 0 aliphatic rings. The number of hydrogen-bond acceptors (Lipinski definition) is 6. The van der Waals surface area contributed by atoms with Gasteiger partial charge < -0.3 is 24.5 Å². The summed E-state index contributed by atoms with van der Waals surface area (Å²) in [5, 5.41) is 10.1. The minimum atomic E-state index is -0.342. The van der Waals surface area contributed by atoms with Crippen LogP contribution in [0.3, 0.4) is 0 Å². The van der Waals surface area contributed by atoms with Crippen molar-refractivity contribution in [3.8, 4) is 23.0 Å². The predicted molar refractivity (Wildman–Crippen MR) is 122 cm³/mol. The van der Waals surface area contributed by atoms with Crippen molar-refractivity contribution in [3.63, 3.8) is 0 Å². The number of fused-ring (bicyclic) bond motifs is 1. The van der Waals surface area contributed by atoms with Crippen molar-refractivity contribution >= 4 is 34.4 Å². The van der Waals surface area contributed by atoms with Crippen molar-refractivity contribution in [2.75, 3.05) is 32.8 Å². The number of H-pyrrole nitrogens is 2. The third kappa shape index (κ3) is 4.84. The number of rotatable bonds is 9. The van der Waals surface area contributed by atoms with Gasteiger partial charge >= 0.3 is 0 Å².